The molecule has 4 heteroatoms. The number of hydrogen-bond donors (Lipinski definition) is 0. The molecule has 0 aromatic rings. The lowest BCUT2D eigenvalue weighted by Crippen LogP contribution is -2.30. The third-order valence-electron chi connectivity index (χ3n) is 3.30. The molecular formula is C14H31ClO2Si. The van der Waals surface area contributed by atoms with Crippen LogP contribution in [0.3, 0.4) is 0 Å². The second-order valence-electron chi connectivity index (χ2n) is 6.89. The van der Waals surface area contributed by atoms with E-state index in [4.69, 9.17) is 20.6 Å². The Morgan fingerprint density at radius 2 is 1.56 bits per heavy atom. The molecule has 0 radical (unpaired) electrons. The van der Waals surface area contributed by atoms with Gasteiger partial charge in [-0.3, -0.25) is 0 Å². The van der Waals surface area contributed by atoms with Crippen molar-refractivity contribution in [3.63, 3.8) is 0 Å². The minimum absolute atomic E-state index is 0.0552. The van der Waals surface area contributed by atoms with Crippen LogP contribution in [0.5, 0.6) is 0 Å². The van der Waals surface area contributed by atoms with E-state index in [-0.39, 0.29) is 11.2 Å². The molecule has 0 heterocycles. The Bertz CT molecular complexity index is 234. The summed E-state index contributed by atoms with van der Waals surface area (Å²) < 4.78 is 11.4. The van der Waals surface area contributed by atoms with Gasteiger partial charge in [-0.05, 0) is 46.6 Å². The summed E-state index contributed by atoms with van der Waals surface area (Å²) in [4.78, 5) is 0. The van der Waals surface area contributed by atoms with Crippen molar-refractivity contribution in [3.05, 3.63) is 0 Å². The molecule has 2 nitrogen and oxygen atoms in total. The van der Waals surface area contributed by atoms with Crippen molar-refractivity contribution in [1.29, 1.82) is 0 Å². The molecule has 0 aliphatic heterocycles. The predicted molar refractivity (Wildman–Crippen MR) is 83.1 cm³/mol. The fourth-order valence-electron chi connectivity index (χ4n) is 1.68. The Balaban J connectivity index is 3.87. The maximum absolute atomic E-state index is 6.33. The normalized spacial score (nSPS) is 14.0. The molecule has 0 amide bonds. The Hall–Kier alpha value is 0.427. The van der Waals surface area contributed by atoms with Gasteiger partial charge in [0, 0.05) is 7.11 Å². The molecule has 110 valence electrons. The van der Waals surface area contributed by atoms with E-state index in [0.717, 1.165) is 31.9 Å². The van der Waals surface area contributed by atoms with Gasteiger partial charge in [0.1, 0.15) is 7.38 Å². The Kier molecular flexibility index (Phi) is 7.45. The second-order valence-corrected chi connectivity index (χ2v) is 13.9. The van der Waals surface area contributed by atoms with E-state index in [9.17, 15) is 0 Å². The molecule has 0 unspecified atom stereocenters. The molecule has 0 saturated carbocycles. The summed E-state index contributed by atoms with van der Waals surface area (Å²) >= 11 is 6.33. The van der Waals surface area contributed by atoms with E-state index in [0.29, 0.717) is 0 Å². The highest BCUT2D eigenvalue weighted by Crippen LogP contribution is 2.24. The Morgan fingerprint density at radius 1 is 1.00 bits per heavy atom. The summed E-state index contributed by atoms with van der Waals surface area (Å²) in [7, 11) is 0.321. The van der Waals surface area contributed by atoms with Gasteiger partial charge in [0.2, 0.25) is 0 Å². The van der Waals surface area contributed by atoms with E-state index < -0.39 is 7.38 Å². The molecule has 0 aliphatic rings. The Morgan fingerprint density at radius 3 is 2.00 bits per heavy atom. The van der Waals surface area contributed by atoms with Crippen molar-refractivity contribution < 1.29 is 9.47 Å². The first-order valence-corrected chi connectivity index (χ1v) is 11.1. The van der Waals surface area contributed by atoms with Gasteiger partial charge in [0.25, 0.3) is 0 Å². The van der Waals surface area contributed by atoms with Crippen molar-refractivity contribution in [2.24, 2.45) is 0 Å². The van der Waals surface area contributed by atoms with Crippen LogP contribution >= 0.6 is 11.1 Å². The van der Waals surface area contributed by atoms with Gasteiger partial charge < -0.3 is 9.47 Å². The van der Waals surface area contributed by atoms with Crippen LogP contribution < -0.4 is 0 Å². The predicted octanol–water partition coefficient (Wildman–Crippen LogP) is 4.82. The average molecular weight is 295 g/mol. The van der Waals surface area contributed by atoms with E-state index in [2.05, 4.69) is 40.8 Å². The lowest BCUT2D eigenvalue weighted by molar-refractivity contribution is -0.0612. The molecule has 0 bridgehead atoms. The summed E-state index contributed by atoms with van der Waals surface area (Å²) in [5.41, 5.74) is -0.151. The highest BCUT2D eigenvalue weighted by atomic mass is 35.6. The maximum atomic E-state index is 6.33. The van der Waals surface area contributed by atoms with Gasteiger partial charge in [0.05, 0.1) is 17.8 Å². The molecule has 0 rings (SSSR count). The minimum Gasteiger partial charge on any atom is -0.379 e. The topological polar surface area (TPSA) is 18.5 Å². The van der Waals surface area contributed by atoms with Crippen molar-refractivity contribution >= 4 is 18.5 Å². The second kappa shape index (κ2) is 7.27. The molecular weight excluding hydrogens is 264 g/mol. The molecule has 0 atom stereocenters. The zero-order valence-corrected chi connectivity index (χ0v) is 15.0. The summed E-state index contributed by atoms with van der Waals surface area (Å²) in [6, 6.07) is 1.16. The van der Waals surface area contributed by atoms with Crippen molar-refractivity contribution in [3.8, 4) is 0 Å². The number of rotatable bonds is 9. The van der Waals surface area contributed by atoms with Gasteiger partial charge in [-0.1, -0.05) is 19.5 Å². The molecule has 0 aromatic carbocycles. The third-order valence-corrected chi connectivity index (χ3v) is 5.41. The van der Waals surface area contributed by atoms with Crippen LogP contribution in [0.25, 0.3) is 0 Å². The summed E-state index contributed by atoms with van der Waals surface area (Å²) in [6.07, 6.45) is 3.15. The summed E-state index contributed by atoms with van der Waals surface area (Å²) in [5.74, 6) is 0. The first kappa shape index (κ1) is 18.4. The minimum atomic E-state index is -1.43. The van der Waals surface area contributed by atoms with Gasteiger partial charge in [-0.2, -0.15) is 11.1 Å². The fraction of sp³-hybridized carbons (Fsp3) is 1.00. The highest BCUT2D eigenvalue weighted by molar-refractivity contribution is 7.19. The van der Waals surface area contributed by atoms with Crippen molar-refractivity contribution in [2.75, 3.05) is 13.7 Å². The maximum Gasteiger partial charge on any atom is 0.150 e. The van der Waals surface area contributed by atoms with Crippen LogP contribution in [-0.2, 0) is 9.47 Å². The van der Waals surface area contributed by atoms with Gasteiger partial charge in [-0.15, -0.1) is 0 Å². The number of methoxy groups -OCH3 is 1. The summed E-state index contributed by atoms with van der Waals surface area (Å²) in [5, 5.41) is 0. The van der Waals surface area contributed by atoms with Crippen molar-refractivity contribution in [1.82, 2.24) is 0 Å². The zero-order chi connectivity index (χ0) is 14.4. The monoisotopic (exact) mass is 294 g/mol. The fourth-order valence-corrected chi connectivity index (χ4v) is 3.10. The average Bonchev–Trinajstić information content (AvgIpc) is 2.14. The molecule has 0 spiro atoms. The van der Waals surface area contributed by atoms with E-state index >= 15 is 0 Å². The number of ether oxygens (including phenoxy) is 2. The van der Waals surface area contributed by atoms with Crippen LogP contribution in [0.2, 0.25) is 19.1 Å². The third kappa shape index (κ3) is 10.4. The lowest BCUT2D eigenvalue weighted by Gasteiger charge is -2.29. The summed E-state index contributed by atoms with van der Waals surface area (Å²) in [6.45, 7) is 13.6. The van der Waals surface area contributed by atoms with Crippen LogP contribution in [0.15, 0.2) is 0 Å². The van der Waals surface area contributed by atoms with Gasteiger partial charge in [0.15, 0.2) is 0 Å². The molecule has 0 saturated heterocycles. The van der Waals surface area contributed by atoms with E-state index in [1.54, 1.807) is 7.11 Å². The largest absolute Gasteiger partial charge is 0.379 e. The highest BCUT2D eigenvalue weighted by Gasteiger charge is 2.23. The number of halogens is 1. The van der Waals surface area contributed by atoms with Crippen LogP contribution in [-0.4, -0.2) is 32.3 Å². The first-order valence-electron chi connectivity index (χ1n) is 6.85. The van der Waals surface area contributed by atoms with Gasteiger partial charge >= 0.3 is 0 Å². The van der Waals surface area contributed by atoms with Crippen LogP contribution in [0.4, 0.5) is 0 Å². The van der Waals surface area contributed by atoms with Crippen LogP contribution in [0.1, 0.15) is 47.0 Å². The standard InChI is InChI=1S/C14H31ClO2Si/c1-13(2,16-5)10-11-17-14(3,4)9-8-12-18(6,7)15/h8-12H2,1-7H3. The molecule has 18 heavy (non-hydrogen) atoms. The molecule has 0 fully saturated rings. The number of hydrogen-bond acceptors (Lipinski definition) is 2. The first-order chi connectivity index (χ1) is 7.97. The van der Waals surface area contributed by atoms with E-state index in [1.807, 2.05) is 0 Å². The zero-order valence-electron chi connectivity index (χ0n) is 13.2. The SMILES string of the molecule is COC(C)(C)CCOC(C)(C)CCC[Si](C)(C)Cl. The van der Waals surface area contributed by atoms with Crippen LogP contribution in [0, 0.1) is 0 Å². The molecule has 0 aromatic heterocycles. The van der Waals surface area contributed by atoms with Gasteiger partial charge in [-0.25, -0.2) is 0 Å². The Labute approximate surface area is 119 Å². The quantitative estimate of drug-likeness (QED) is 0.448. The molecule has 0 N–H and O–H groups in total. The smallest absolute Gasteiger partial charge is 0.150 e. The van der Waals surface area contributed by atoms with Crippen molar-refractivity contribution in [2.45, 2.75) is 77.3 Å². The lowest BCUT2D eigenvalue weighted by atomic mass is 10.0. The molecule has 0 aliphatic carbocycles. The van der Waals surface area contributed by atoms with E-state index in [1.165, 1.54) is 0 Å².